The molecule has 5 aromatic rings. The van der Waals surface area contributed by atoms with Crippen LogP contribution < -0.4 is 14.9 Å². The topological polar surface area (TPSA) is 70.0 Å². The fourth-order valence-corrected chi connectivity index (χ4v) is 6.43. The van der Waals surface area contributed by atoms with E-state index in [1.165, 1.54) is 16.9 Å². The standard InChI is InChI=1S/C34H34N2O5S/c1-5-41-34(38)28-22-36(20-25-14-9-10-17-29(25)40-4)33-30(31(28)37)27(21-35(2)19-23-12-7-6-8-13-23)32(42-33)24-15-11-16-26(18-24)39-3/h6-18,22H,5,19-21H2,1-4H3. The first-order valence-corrected chi connectivity index (χ1v) is 14.6. The van der Waals surface area contributed by atoms with E-state index < -0.39 is 5.97 Å². The summed E-state index contributed by atoms with van der Waals surface area (Å²) < 4.78 is 18.4. The van der Waals surface area contributed by atoms with Crippen LogP contribution in [-0.2, 0) is 24.4 Å². The molecule has 0 aliphatic carbocycles. The molecular weight excluding hydrogens is 548 g/mol. The molecule has 3 aromatic carbocycles. The van der Waals surface area contributed by atoms with Crippen LogP contribution in [0.2, 0.25) is 0 Å². The van der Waals surface area contributed by atoms with Gasteiger partial charge in [0, 0.05) is 29.7 Å². The molecule has 0 saturated heterocycles. The van der Waals surface area contributed by atoms with Crippen molar-refractivity contribution in [3.8, 4) is 21.9 Å². The Morgan fingerprint density at radius 1 is 0.929 bits per heavy atom. The summed E-state index contributed by atoms with van der Waals surface area (Å²) in [5, 5.41) is 0.526. The first-order valence-electron chi connectivity index (χ1n) is 13.8. The highest BCUT2D eigenvalue weighted by Crippen LogP contribution is 2.40. The maximum Gasteiger partial charge on any atom is 0.343 e. The summed E-state index contributed by atoms with van der Waals surface area (Å²) >= 11 is 1.54. The lowest BCUT2D eigenvalue weighted by Crippen LogP contribution is -2.23. The SMILES string of the molecule is CCOC(=O)c1cn(Cc2ccccc2OC)c2sc(-c3cccc(OC)c3)c(CN(C)Cc3ccccc3)c2c1=O. The number of fused-ring (bicyclic) bond motifs is 1. The molecule has 0 radical (unpaired) electrons. The number of rotatable bonds is 11. The number of pyridine rings is 1. The van der Waals surface area contributed by atoms with Crippen LogP contribution in [-0.4, -0.2) is 43.3 Å². The lowest BCUT2D eigenvalue weighted by atomic mass is 10.0. The van der Waals surface area contributed by atoms with Crippen molar-refractivity contribution in [2.45, 2.75) is 26.6 Å². The van der Waals surface area contributed by atoms with Crippen LogP contribution in [0.25, 0.3) is 20.7 Å². The van der Waals surface area contributed by atoms with Gasteiger partial charge in [-0.25, -0.2) is 4.79 Å². The largest absolute Gasteiger partial charge is 0.497 e. The smallest absolute Gasteiger partial charge is 0.343 e. The summed E-state index contributed by atoms with van der Waals surface area (Å²) in [6.45, 7) is 3.51. The lowest BCUT2D eigenvalue weighted by Gasteiger charge is -2.18. The summed E-state index contributed by atoms with van der Waals surface area (Å²) in [6.07, 6.45) is 1.62. The zero-order valence-corrected chi connectivity index (χ0v) is 25.1. The molecule has 0 N–H and O–H groups in total. The fraction of sp³-hybridized carbons (Fsp3) is 0.235. The average molecular weight is 583 g/mol. The van der Waals surface area contributed by atoms with Gasteiger partial charge < -0.3 is 18.8 Å². The zero-order valence-electron chi connectivity index (χ0n) is 24.3. The average Bonchev–Trinajstić information content (AvgIpc) is 3.39. The van der Waals surface area contributed by atoms with Crippen molar-refractivity contribution in [3.63, 3.8) is 0 Å². The zero-order chi connectivity index (χ0) is 29.6. The summed E-state index contributed by atoms with van der Waals surface area (Å²) in [5.74, 6) is 0.829. The molecule has 0 atom stereocenters. The van der Waals surface area contributed by atoms with E-state index in [1.807, 2.05) is 78.3 Å². The van der Waals surface area contributed by atoms with Crippen LogP contribution in [0.1, 0.15) is 34.0 Å². The summed E-state index contributed by atoms with van der Waals surface area (Å²) in [5.41, 5.74) is 3.60. The van der Waals surface area contributed by atoms with Gasteiger partial charge in [-0.05, 0) is 48.9 Å². The van der Waals surface area contributed by atoms with Crippen molar-refractivity contribution in [1.29, 1.82) is 0 Å². The molecule has 0 saturated carbocycles. The maximum atomic E-state index is 14.1. The Labute approximate surface area is 249 Å². The second-order valence-corrected chi connectivity index (χ2v) is 11.0. The van der Waals surface area contributed by atoms with E-state index in [-0.39, 0.29) is 17.6 Å². The molecule has 0 aliphatic heterocycles. The quantitative estimate of drug-likeness (QED) is 0.163. The minimum absolute atomic E-state index is 0.0150. The van der Waals surface area contributed by atoms with Gasteiger partial charge in [-0.15, -0.1) is 11.3 Å². The second-order valence-electron chi connectivity index (χ2n) is 10.0. The van der Waals surface area contributed by atoms with Gasteiger partial charge in [0.25, 0.3) is 0 Å². The predicted molar refractivity (Wildman–Crippen MR) is 168 cm³/mol. The molecule has 216 valence electrons. The predicted octanol–water partition coefficient (Wildman–Crippen LogP) is 6.60. The normalized spacial score (nSPS) is 11.2. The van der Waals surface area contributed by atoms with Crippen LogP contribution in [0.4, 0.5) is 0 Å². The number of esters is 1. The molecule has 0 aliphatic rings. The highest BCUT2D eigenvalue weighted by atomic mass is 32.1. The molecule has 0 unspecified atom stereocenters. The van der Waals surface area contributed by atoms with Gasteiger partial charge in [-0.2, -0.15) is 0 Å². The van der Waals surface area contributed by atoms with E-state index in [2.05, 4.69) is 17.0 Å². The lowest BCUT2D eigenvalue weighted by molar-refractivity contribution is 0.0524. The first-order chi connectivity index (χ1) is 20.4. The molecule has 5 rings (SSSR count). The fourth-order valence-electron chi connectivity index (χ4n) is 5.15. The first kappa shape index (κ1) is 29.1. The van der Waals surface area contributed by atoms with Crippen LogP contribution in [0.5, 0.6) is 11.5 Å². The number of methoxy groups -OCH3 is 2. The van der Waals surface area contributed by atoms with Crippen molar-refractivity contribution < 1.29 is 19.0 Å². The van der Waals surface area contributed by atoms with Gasteiger partial charge in [0.2, 0.25) is 5.43 Å². The van der Waals surface area contributed by atoms with E-state index in [4.69, 9.17) is 14.2 Å². The molecule has 42 heavy (non-hydrogen) atoms. The highest BCUT2D eigenvalue weighted by molar-refractivity contribution is 7.22. The number of benzene rings is 3. The van der Waals surface area contributed by atoms with Crippen LogP contribution in [0.15, 0.2) is 89.9 Å². The van der Waals surface area contributed by atoms with Gasteiger partial charge in [0.05, 0.1) is 32.8 Å². The summed E-state index contributed by atoms with van der Waals surface area (Å²) in [7, 11) is 5.31. The van der Waals surface area contributed by atoms with E-state index in [1.54, 1.807) is 27.3 Å². The van der Waals surface area contributed by atoms with E-state index >= 15 is 0 Å². The van der Waals surface area contributed by atoms with Gasteiger partial charge in [0.15, 0.2) is 0 Å². The number of carbonyl (C=O) groups is 1. The minimum atomic E-state index is -0.629. The molecule has 0 amide bonds. The minimum Gasteiger partial charge on any atom is -0.497 e. The molecule has 2 heterocycles. The maximum absolute atomic E-state index is 14.1. The van der Waals surface area contributed by atoms with E-state index in [0.717, 1.165) is 37.9 Å². The summed E-state index contributed by atoms with van der Waals surface area (Å²) in [4.78, 5) is 31.1. The number of nitrogens with zero attached hydrogens (tertiary/aromatic N) is 2. The van der Waals surface area contributed by atoms with Crippen molar-refractivity contribution in [3.05, 3.63) is 118 Å². The number of hydrogen-bond acceptors (Lipinski definition) is 7. The Morgan fingerprint density at radius 3 is 2.43 bits per heavy atom. The molecule has 8 heteroatoms. The van der Waals surface area contributed by atoms with Crippen molar-refractivity contribution in [1.82, 2.24) is 9.47 Å². The molecular formula is C34H34N2O5S. The van der Waals surface area contributed by atoms with Crippen LogP contribution >= 0.6 is 11.3 Å². The van der Waals surface area contributed by atoms with Gasteiger partial charge in [-0.1, -0.05) is 60.7 Å². The number of thiophene rings is 1. The Kier molecular flexibility index (Phi) is 9.05. The van der Waals surface area contributed by atoms with Crippen LogP contribution in [0.3, 0.4) is 0 Å². The number of carbonyl (C=O) groups excluding carboxylic acids is 1. The van der Waals surface area contributed by atoms with E-state index in [0.29, 0.717) is 25.0 Å². The van der Waals surface area contributed by atoms with Gasteiger partial charge >= 0.3 is 5.97 Å². The van der Waals surface area contributed by atoms with Crippen molar-refractivity contribution in [2.75, 3.05) is 27.9 Å². The number of para-hydroxylation sites is 1. The third kappa shape index (κ3) is 6.10. The summed E-state index contributed by atoms with van der Waals surface area (Å²) in [6, 6.07) is 25.8. The Bertz CT molecular complexity index is 1760. The molecule has 7 nitrogen and oxygen atoms in total. The second kappa shape index (κ2) is 13.1. The van der Waals surface area contributed by atoms with Crippen molar-refractivity contribution >= 4 is 27.5 Å². The highest BCUT2D eigenvalue weighted by Gasteiger charge is 2.25. The molecule has 0 fully saturated rings. The molecule has 0 bridgehead atoms. The molecule has 2 aromatic heterocycles. The number of aromatic nitrogens is 1. The van der Waals surface area contributed by atoms with Gasteiger partial charge in [-0.3, -0.25) is 9.69 Å². The third-order valence-electron chi connectivity index (χ3n) is 7.09. The van der Waals surface area contributed by atoms with Crippen LogP contribution in [0, 0.1) is 0 Å². The molecule has 0 spiro atoms. The van der Waals surface area contributed by atoms with E-state index in [9.17, 15) is 9.59 Å². The van der Waals surface area contributed by atoms with Gasteiger partial charge in [0.1, 0.15) is 21.9 Å². The van der Waals surface area contributed by atoms with Crippen molar-refractivity contribution in [2.24, 2.45) is 0 Å². The number of hydrogen-bond donors (Lipinski definition) is 0. The third-order valence-corrected chi connectivity index (χ3v) is 8.41. The monoisotopic (exact) mass is 582 g/mol. The Balaban J connectivity index is 1.74. The Morgan fingerprint density at radius 2 is 1.69 bits per heavy atom. The Hall–Kier alpha value is -4.40. The number of ether oxygens (including phenoxy) is 3.